The summed E-state index contributed by atoms with van der Waals surface area (Å²) in [6.07, 6.45) is 0. The largest absolute Gasteiger partial charge is 0.507 e. The Balaban J connectivity index is 2.19. The molecule has 0 saturated carbocycles. The molecule has 0 aliphatic heterocycles. The molecule has 0 radical (unpaired) electrons. The SMILES string of the molecule is O=C(O)c1cc(-c2ccc(Cl)cc2)nc(-c2ccc(Cl)cc2O)c1. The fourth-order valence-corrected chi connectivity index (χ4v) is 2.57. The first-order valence-electron chi connectivity index (χ1n) is 6.94. The summed E-state index contributed by atoms with van der Waals surface area (Å²) < 4.78 is 0. The van der Waals surface area contributed by atoms with Gasteiger partial charge in [0.15, 0.2) is 0 Å². The third-order valence-electron chi connectivity index (χ3n) is 3.45. The van der Waals surface area contributed by atoms with Crippen molar-refractivity contribution in [2.45, 2.75) is 0 Å². The number of hydrogen-bond donors (Lipinski definition) is 2. The topological polar surface area (TPSA) is 70.4 Å². The molecule has 2 N–H and O–H groups in total. The highest BCUT2D eigenvalue weighted by Crippen LogP contribution is 2.32. The molecule has 24 heavy (non-hydrogen) atoms. The van der Waals surface area contributed by atoms with E-state index in [1.807, 2.05) is 0 Å². The lowest BCUT2D eigenvalue weighted by atomic mass is 10.0. The Kier molecular flexibility index (Phi) is 4.42. The number of carboxylic acids is 1. The molecule has 2 aromatic carbocycles. The van der Waals surface area contributed by atoms with Gasteiger partial charge < -0.3 is 10.2 Å². The summed E-state index contributed by atoms with van der Waals surface area (Å²) in [5, 5.41) is 20.4. The number of phenols is 1. The summed E-state index contributed by atoms with van der Waals surface area (Å²) in [6.45, 7) is 0. The number of carbonyl (C=O) groups is 1. The van der Waals surface area contributed by atoms with Crippen LogP contribution < -0.4 is 0 Å². The van der Waals surface area contributed by atoms with Crippen molar-refractivity contribution >= 4 is 29.2 Å². The van der Waals surface area contributed by atoms with Crippen LogP contribution in [0.25, 0.3) is 22.5 Å². The van der Waals surface area contributed by atoms with Crippen molar-refractivity contribution in [2.75, 3.05) is 0 Å². The molecule has 0 aliphatic rings. The number of aromatic carboxylic acids is 1. The number of rotatable bonds is 3. The van der Waals surface area contributed by atoms with E-state index in [1.54, 1.807) is 36.4 Å². The van der Waals surface area contributed by atoms with E-state index in [2.05, 4.69) is 4.98 Å². The average molecular weight is 360 g/mol. The Bertz CT molecular complexity index is 924. The van der Waals surface area contributed by atoms with Crippen molar-refractivity contribution in [2.24, 2.45) is 0 Å². The molecule has 0 saturated heterocycles. The maximum atomic E-state index is 11.4. The number of benzene rings is 2. The van der Waals surface area contributed by atoms with Gasteiger partial charge in [0.1, 0.15) is 5.75 Å². The van der Waals surface area contributed by atoms with E-state index in [0.717, 1.165) is 5.56 Å². The molecular formula is C18H11Cl2NO3. The summed E-state index contributed by atoms with van der Waals surface area (Å²) in [6, 6.07) is 14.4. The molecule has 0 fully saturated rings. The minimum atomic E-state index is -1.08. The van der Waals surface area contributed by atoms with Crippen LogP contribution in [0, 0.1) is 0 Å². The number of aromatic hydroxyl groups is 1. The quantitative estimate of drug-likeness (QED) is 0.680. The van der Waals surface area contributed by atoms with E-state index in [1.165, 1.54) is 18.2 Å². The van der Waals surface area contributed by atoms with E-state index in [0.29, 0.717) is 27.0 Å². The number of nitrogens with zero attached hydrogens (tertiary/aromatic N) is 1. The summed E-state index contributed by atoms with van der Waals surface area (Å²) >= 11 is 11.7. The van der Waals surface area contributed by atoms with Gasteiger partial charge in [-0.1, -0.05) is 35.3 Å². The van der Waals surface area contributed by atoms with Crippen molar-refractivity contribution < 1.29 is 15.0 Å². The first kappa shape index (κ1) is 16.3. The number of pyridine rings is 1. The summed E-state index contributed by atoms with van der Waals surface area (Å²) in [4.78, 5) is 15.9. The predicted octanol–water partition coefficient (Wildman–Crippen LogP) is 5.13. The number of halogens is 2. The predicted molar refractivity (Wildman–Crippen MR) is 93.8 cm³/mol. The third kappa shape index (κ3) is 3.35. The first-order chi connectivity index (χ1) is 11.4. The van der Waals surface area contributed by atoms with Gasteiger partial charge >= 0.3 is 5.97 Å². The third-order valence-corrected chi connectivity index (χ3v) is 3.94. The second-order valence-corrected chi connectivity index (χ2v) is 5.97. The second-order valence-electron chi connectivity index (χ2n) is 5.10. The van der Waals surface area contributed by atoms with Gasteiger partial charge in [-0.15, -0.1) is 0 Å². The first-order valence-corrected chi connectivity index (χ1v) is 7.70. The van der Waals surface area contributed by atoms with Crippen molar-refractivity contribution in [3.05, 3.63) is 70.2 Å². The molecule has 0 atom stereocenters. The van der Waals surface area contributed by atoms with E-state index in [4.69, 9.17) is 23.2 Å². The Morgan fingerprint density at radius 1 is 0.875 bits per heavy atom. The summed E-state index contributed by atoms with van der Waals surface area (Å²) in [5.41, 5.74) is 2.00. The van der Waals surface area contributed by atoms with Gasteiger partial charge in [-0.05, 0) is 42.5 Å². The van der Waals surface area contributed by atoms with Crippen LogP contribution in [0.15, 0.2) is 54.6 Å². The zero-order valence-electron chi connectivity index (χ0n) is 12.2. The highest BCUT2D eigenvalue weighted by molar-refractivity contribution is 6.31. The Morgan fingerprint density at radius 2 is 1.50 bits per heavy atom. The zero-order chi connectivity index (χ0) is 17.3. The van der Waals surface area contributed by atoms with E-state index >= 15 is 0 Å². The Hall–Kier alpha value is -2.56. The minimum absolute atomic E-state index is 0.0688. The van der Waals surface area contributed by atoms with Gasteiger partial charge in [0, 0.05) is 21.2 Å². The summed E-state index contributed by atoms with van der Waals surface area (Å²) in [7, 11) is 0. The van der Waals surface area contributed by atoms with Gasteiger partial charge in [-0.3, -0.25) is 0 Å². The molecule has 3 aromatic rings. The maximum absolute atomic E-state index is 11.4. The zero-order valence-corrected chi connectivity index (χ0v) is 13.7. The van der Waals surface area contributed by atoms with Crippen molar-refractivity contribution in [1.82, 2.24) is 4.98 Å². The van der Waals surface area contributed by atoms with Gasteiger partial charge in [0.2, 0.25) is 0 Å². The number of phenolic OH excluding ortho intramolecular Hbond substituents is 1. The molecule has 4 nitrogen and oxygen atoms in total. The summed E-state index contributed by atoms with van der Waals surface area (Å²) in [5.74, 6) is -1.15. The van der Waals surface area contributed by atoms with Crippen LogP contribution in [0.1, 0.15) is 10.4 Å². The molecule has 0 amide bonds. The van der Waals surface area contributed by atoms with Crippen LogP contribution in [0.4, 0.5) is 0 Å². The molecular weight excluding hydrogens is 349 g/mol. The second kappa shape index (κ2) is 6.51. The van der Waals surface area contributed by atoms with Gasteiger partial charge in [0.05, 0.1) is 17.0 Å². The smallest absolute Gasteiger partial charge is 0.335 e. The monoisotopic (exact) mass is 359 g/mol. The molecule has 0 unspecified atom stereocenters. The number of hydrogen-bond acceptors (Lipinski definition) is 3. The molecule has 1 aromatic heterocycles. The standard InChI is InChI=1S/C18H11Cl2NO3/c19-12-3-1-10(2-4-12)15-7-11(18(23)24)8-16(21-15)14-6-5-13(20)9-17(14)22/h1-9,22H,(H,23,24). The van der Waals surface area contributed by atoms with Crippen LogP contribution in [-0.2, 0) is 0 Å². The van der Waals surface area contributed by atoms with Gasteiger partial charge in [-0.25, -0.2) is 9.78 Å². The molecule has 120 valence electrons. The van der Waals surface area contributed by atoms with Gasteiger partial charge in [-0.2, -0.15) is 0 Å². The molecule has 0 aliphatic carbocycles. The minimum Gasteiger partial charge on any atom is -0.507 e. The van der Waals surface area contributed by atoms with E-state index in [-0.39, 0.29) is 11.3 Å². The lowest BCUT2D eigenvalue weighted by molar-refractivity contribution is 0.0697. The number of carboxylic acid groups (broad SMARTS) is 1. The lowest BCUT2D eigenvalue weighted by Gasteiger charge is -2.09. The van der Waals surface area contributed by atoms with Crippen molar-refractivity contribution in [3.63, 3.8) is 0 Å². The van der Waals surface area contributed by atoms with Crippen LogP contribution in [0.3, 0.4) is 0 Å². The van der Waals surface area contributed by atoms with E-state index in [9.17, 15) is 15.0 Å². The van der Waals surface area contributed by atoms with Crippen LogP contribution in [0.2, 0.25) is 10.0 Å². The molecule has 6 heteroatoms. The number of aromatic nitrogens is 1. The van der Waals surface area contributed by atoms with Crippen LogP contribution in [-0.4, -0.2) is 21.2 Å². The Morgan fingerprint density at radius 3 is 2.12 bits per heavy atom. The Labute approximate surface area is 147 Å². The molecule has 0 bridgehead atoms. The van der Waals surface area contributed by atoms with Crippen molar-refractivity contribution in [3.8, 4) is 28.3 Å². The normalized spacial score (nSPS) is 10.6. The van der Waals surface area contributed by atoms with Crippen molar-refractivity contribution in [1.29, 1.82) is 0 Å². The maximum Gasteiger partial charge on any atom is 0.335 e. The molecule has 0 spiro atoms. The van der Waals surface area contributed by atoms with E-state index < -0.39 is 5.97 Å². The molecule has 3 rings (SSSR count). The fourth-order valence-electron chi connectivity index (χ4n) is 2.28. The fraction of sp³-hybridized carbons (Fsp3) is 0. The highest BCUT2D eigenvalue weighted by Gasteiger charge is 2.14. The highest BCUT2D eigenvalue weighted by atomic mass is 35.5. The van der Waals surface area contributed by atoms with Crippen LogP contribution in [0.5, 0.6) is 5.75 Å². The average Bonchev–Trinajstić information content (AvgIpc) is 2.55. The lowest BCUT2D eigenvalue weighted by Crippen LogP contribution is -2.00. The van der Waals surface area contributed by atoms with Gasteiger partial charge in [0.25, 0.3) is 0 Å². The molecule has 1 heterocycles. The van der Waals surface area contributed by atoms with Crippen LogP contribution >= 0.6 is 23.2 Å².